The predicted molar refractivity (Wildman–Crippen MR) is 89.9 cm³/mol. The number of rotatable bonds is 6. The molecule has 0 aliphatic rings. The molecule has 1 amide bonds. The summed E-state index contributed by atoms with van der Waals surface area (Å²) in [5, 5.41) is 5.03. The third-order valence-corrected chi connectivity index (χ3v) is 4.14. The van der Waals surface area contributed by atoms with Crippen molar-refractivity contribution in [3.63, 3.8) is 0 Å². The van der Waals surface area contributed by atoms with Gasteiger partial charge in [0.25, 0.3) is 5.91 Å². The molecule has 1 atom stereocenters. The van der Waals surface area contributed by atoms with Gasteiger partial charge < -0.3 is 10.6 Å². The van der Waals surface area contributed by atoms with E-state index in [1.165, 1.54) is 12.1 Å². The first-order valence-corrected chi connectivity index (χ1v) is 8.01. The van der Waals surface area contributed by atoms with E-state index in [2.05, 4.69) is 5.32 Å². The second-order valence-corrected chi connectivity index (χ2v) is 6.09. The van der Waals surface area contributed by atoms with Crippen molar-refractivity contribution in [2.24, 2.45) is 0 Å². The smallest absolute Gasteiger partial charge is 0.275 e. The molecular formula is C17H18Cl2FN2O+. The van der Waals surface area contributed by atoms with Crippen molar-refractivity contribution in [3.05, 3.63) is 69.5 Å². The molecule has 6 heteroatoms. The van der Waals surface area contributed by atoms with Crippen molar-refractivity contribution >= 4 is 29.1 Å². The monoisotopic (exact) mass is 355 g/mol. The fourth-order valence-electron chi connectivity index (χ4n) is 2.17. The molecule has 23 heavy (non-hydrogen) atoms. The molecule has 2 rings (SSSR count). The maximum Gasteiger partial charge on any atom is 0.275 e. The van der Waals surface area contributed by atoms with Crippen LogP contribution in [0.1, 0.15) is 24.1 Å². The van der Waals surface area contributed by atoms with Crippen LogP contribution in [0.4, 0.5) is 4.39 Å². The topological polar surface area (TPSA) is 45.7 Å². The van der Waals surface area contributed by atoms with Gasteiger partial charge in [-0.1, -0.05) is 53.5 Å². The molecule has 3 N–H and O–H groups in total. The first-order chi connectivity index (χ1) is 11.0. The van der Waals surface area contributed by atoms with Gasteiger partial charge in [-0.25, -0.2) is 4.39 Å². The predicted octanol–water partition coefficient (Wildman–Crippen LogP) is 3.07. The van der Waals surface area contributed by atoms with Gasteiger partial charge in [0.05, 0.1) is 10.0 Å². The second kappa shape index (κ2) is 8.29. The summed E-state index contributed by atoms with van der Waals surface area (Å²) >= 11 is 11.8. The van der Waals surface area contributed by atoms with Gasteiger partial charge in [0, 0.05) is 12.1 Å². The molecule has 3 nitrogen and oxygen atoms in total. The van der Waals surface area contributed by atoms with Crippen LogP contribution in [0.5, 0.6) is 0 Å². The van der Waals surface area contributed by atoms with E-state index in [1.54, 1.807) is 5.32 Å². The van der Waals surface area contributed by atoms with Crippen molar-refractivity contribution in [3.8, 4) is 0 Å². The Hall–Kier alpha value is -1.62. The lowest BCUT2D eigenvalue weighted by molar-refractivity contribution is -0.682. The van der Waals surface area contributed by atoms with Gasteiger partial charge in [-0.05, 0) is 24.6 Å². The van der Waals surface area contributed by atoms with E-state index >= 15 is 0 Å². The molecule has 122 valence electrons. The average Bonchev–Trinajstić information content (AvgIpc) is 2.55. The van der Waals surface area contributed by atoms with Crippen LogP contribution in [0, 0.1) is 5.82 Å². The van der Waals surface area contributed by atoms with E-state index < -0.39 is 5.82 Å². The summed E-state index contributed by atoms with van der Waals surface area (Å²) in [7, 11) is 0. The number of carbonyl (C=O) groups excluding carboxylic acids is 1. The number of nitrogens with two attached hydrogens (primary N) is 1. The van der Waals surface area contributed by atoms with Crippen molar-refractivity contribution < 1.29 is 14.5 Å². The molecule has 0 radical (unpaired) electrons. The molecule has 0 saturated heterocycles. The lowest BCUT2D eigenvalue weighted by Gasteiger charge is -2.13. The molecular weight excluding hydrogens is 338 g/mol. The molecule has 0 saturated carbocycles. The molecule has 0 bridgehead atoms. The number of amides is 1. The van der Waals surface area contributed by atoms with E-state index in [0.29, 0.717) is 17.1 Å². The van der Waals surface area contributed by atoms with Crippen LogP contribution < -0.4 is 10.6 Å². The Morgan fingerprint density at radius 3 is 2.61 bits per heavy atom. The molecule has 2 aromatic carbocycles. The number of hydrogen-bond donors (Lipinski definition) is 2. The number of quaternary nitrogens is 1. The maximum absolute atomic E-state index is 13.5. The Morgan fingerprint density at radius 1 is 1.22 bits per heavy atom. The van der Waals surface area contributed by atoms with E-state index in [4.69, 9.17) is 23.2 Å². The minimum atomic E-state index is -0.514. The summed E-state index contributed by atoms with van der Waals surface area (Å²) in [6.45, 7) is 2.58. The van der Waals surface area contributed by atoms with Gasteiger partial charge in [-0.2, -0.15) is 0 Å². The largest absolute Gasteiger partial charge is 0.347 e. The molecule has 0 aliphatic carbocycles. The standard InChI is InChI=1S/C17H17Cl2FN2O/c1-11(13-7-16(20)15(19)8-14(13)18)21-10-17(23)22-9-12-5-3-2-4-6-12/h2-8,11,21H,9-10H2,1H3,(H,22,23)/p+1/t11-/m0/s1. The highest BCUT2D eigenvalue weighted by Crippen LogP contribution is 2.27. The lowest BCUT2D eigenvalue weighted by atomic mass is 10.1. The Balaban J connectivity index is 1.85. The number of carbonyl (C=O) groups is 1. The summed E-state index contributed by atoms with van der Waals surface area (Å²) < 4.78 is 13.5. The third kappa shape index (κ3) is 5.20. The number of halogens is 3. The first-order valence-electron chi connectivity index (χ1n) is 7.25. The van der Waals surface area contributed by atoms with Gasteiger partial charge in [0.2, 0.25) is 0 Å². The molecule has 0 aromatic heterocycles. The Morgan fingerprint density at radius 2 is 1.91 bits per heavy atom. The summed E-state index contributed by atoms with van der Waals surface area (Å²) in [6, 6.07) is 12.2. The first kappa shape index (κ1) is 17.7. The quantitative estimate of drug-likeness (QED) is 0.768. The number of nitrogens with one attached hydrogen (secondary N) is 1. The molecule has 0 heterocycles. The van der Waals surface area contributed by atoms with Gasteiger partial charge in [-0.15, -0.1) is 0 Å². The van der Waals surface area contributed by atoms with Gasteiger partial charge in [0.15, 0.2) is 6.54 Å². The highest BCUT2D eigenvalue weighted by atomic mass is 35.5. The Bertz CT molecular complexity index is 680. The average molecular weight is 356 g/mol. The molecule has 0 aliphatic heterocycles. The zero-order chi connectivity index (χ0) is 16.8. The van der Waals surface area contributed by atoms with E-state index in [1.807, 2.05) is 37.3 Å². The fraction of sp³-hybridized carbons (Fsp3) is 0.235. The van der Waals surface area contributed by atoms with Crippen molar-refractivity contribution in [2.45, 2.75) is 19.5 Å². The number of benzene rings is 2. The maximum atomic E-state index is 13.5. The zero-order valence-electron chi connectivity index (χ0n) is 12.7. The van der Waals surface area contributed by atoms with Gasteiger partial charge in [0.1, 0.15) is 11.9 Å². The van der Waals surface area contributed by atoms with Crippen LogP contribution in [-0.4, -0.2) is 12.5 Å². The second-order valence-electron chi connectivity index (χ2n) is 5.28. The highest BCUT2D eigenvalue weighted by molar-refractivity contribution is 6.35. The van der Waals surface area contributed by atoms with Crippen LogP contribution >= 0.6 is 23.2 Å². The molecule has 0 spiro atoms. The van der Waals surface area contributed by atoms with Gasteiger partial charge >= 0.3 is 0 Å². The van der Waals surface area contributed by atoms with Crippen molar-refractivity contribution in [1.82, 2.24) is 5.32 Å². The van der Waals surface area contributed by atoms with Crippen molar-refractivity contribution in [2.75, 3.05) is 6.54 Å². The lowest BCUT2D eigenvalue weighted by Crippen LogP contribution is -2.87. The minimum absolute atomic E-state index is 0.00782. The SMILES string of the molecule is C[C@H]([NH2+]CC(=O)NCc1ccccc1)c1cc(F)c(Cl)cc1Cl. The summed E-state index contributed by atoms with van der Waals surface area (Å²) in [5.74, 6) is -0.605. The van der Waals surface area contributed by atoms with Gasteiger partial charge in [-0.3, -0.25) is 4.79 Å². The molecule has 0 unspecified atom stereocenters. The fourth-order valence-corrected chi connectivity index (χ4v) is 2.72. The van der Waals surface area contributed by atoms with Crippen LogP contribution in [-0.2, 0) is 11.3 Å². The molecule has 0 fully saturated rings. The van der Waals surface area contributed by atoms with Crippen molar-refractivity contribution in [1.29, 1.82) is 0 Å². The third-order valence-electron chi connectivity index (χ3n) is 3.52. The van der Waals surface area contributed by atoms with Crippen LogP contribution in [0.2, 0.25) is 10.0 Å². The highest BCUT2D eigenvalue weighted by Gasteiger charge is 2.17. The summed E-state index contributed by atoms with van der Waals surface area (Å²) in [5.41, 5.74) is 1.65. The van der Waals surface area contributed by atoms with Crippen LogP contribution in [0.3, 0.4) is 0 Å². The van der Waals surface area contributed by atoms with E-state index in [0.717, 1.165) is 5.56 Å². The normalized spacial score (nSPS) is 12.0. The summed E-state index contributed by atoms with van der Waals surface area (Å²) in [6.07, 6.45) is 0. The van der Waals surface area contributed by atoms with E-state index in [9.17, 15) is 9.18 Å². The summed E-state index contributed by atoms with van der Waals surface area (Å²) in [4.78, 5) is 11.9. The Kier molecular flexibility index (Phi) is 6.39. The van der Waals surface area contributed by atoms with E-state index in [-0.39, 0.29) is 23.5 Å². The molecule has 2 aromatic rings. The van der Waals surface area contributed by atoms with Crippen LogP contribution in [0.15, 0.2) is 42.5 Å². The van der Waals surface area contributed by atoms with Crippen LogP contribution in [0.25, 0.3) is 0 Å². The number of hydrogen-bond acceptors (Lipinski definition) is 1. The Labute approximate surface area is 144 Å². The zero-order valence-corrected chi connectivity index (χ0v) is 14.2. The minimum Gasteiger partial charge on any atom is -0.347 e.